The van der Waals surface area contributed by atoms with Crippen molar-refractivity contribution >= 4 is 17.9 Å². The maximum absolute atomic E-state index is 13.0. The number of rotatable bonds is 79. The molecule has 0 aliphatic rings. The van der Waals surface area contributed by atoms with E-state index in [0.717, 1.165) is 103 Å². The summed E-state index contributed by atoms with van der Waals surface area (Å²) in [7, 11) is 5.94. The summed E-state index contributed by atoms with van der Waals surface area (Å²) in [5.74, 6) is -2.29. The Labute approximate surface area is 619 Å². The molecular formula is C91H161NO8. The summed E-state index contributed by atoms with van der Waals surface area (Å²) in [5, 5.41) is 11.9. The molecule has 0 spiro atoms. The fourth-order valence-corrected chi connectivity index (χ4v) is 12.4. The maximum Gasteiger partial charge on any atom is 0.306 e. The number of esters is 2. The van der Waals surface area contributed by atoms with Gasteiger partial charge in [-0.1, -0.05) is 406 Å². The van der Waals surface area contributed by atoms with Gasteiger partial charge in [0.25, 0.3) is 0 Å². The van der Waals surface area contributed by atoms with E-state index in [4.69, 9.17) is 18.9 Å². The monoisotopic (exact) mass is 1400 g/mol. The number of aliphatic carboxylic acids is 1. The van der Waals surface area contributed by atoms with Crippen molar-refractivity contribution in [3.63, 3.8) is 0 Å². The molecule has 9 nitrogen and oxygen atoms in total. The second-order valence-corrected chi connectivity index (χ2v) is 29.8. The van der Waals surface area contributed by atoms with E-state index in [9.17, 15) is 19.5 Å². The predicted octanol–water partition coefficient (Wildman–Crippen LogP) is 26.3. The fraction of sp³-hybridized carbons (Fsp3) is 0.769. The first-order valence-corrected chi connectivity index (χ1v) is 42.5. The van der Waals surface area contributed by atoms with Crippen LogP contribution in [-0.4, -0.2) is 82.3 Å². The molecule has 0 radical (unpaired) electrons. The number of likely N-dealkylation sites (N-methyl/N-ethyl adjacent to an activating group) is 1. The molecule has 100 heavy (non-hydrogen) atoms. The van der Waals surface area contributed by atoms with Gasteiger partial charge in [0.15, 0.2) is 12.4 Å². The van der Waals surface area contributed by atoms with Crippen LogP contribution in [0.25, 0.3) is 0 Å². The van der Waals surface area contributed by atoms with Gasteiger partial charge in [0, 0.05) is 12.8 Å². The van der Waals surface area contributed by atoms with Crippen molar-refractivity contribution in [1.82, 2.24) is 0 Å². The lowest BCUT2D eigenvalue weighted by atomic mass is 10.0. The zero-order valence-electron chi connectivity index (χ0n) is 66.3. The highest BCUT2D eigenvalue weighted by Gasteiger charge is 2.22. The van der Waals surface area contributed by atoms with Crippen molar-refractivity contribution in [3.8, 4) is 0 Å². The van der Waals surface area contributed by atoms with E-state index in [-0.39, 0.29) is 38.6 Å². The molecule has 0 aliphatic carbocycles. The number of carboxylic acids is 1. The van der Waals surface area contributed by atoms with Crippen LogP contribution in [0.5, 0.6) is 0 Å². The summed E-state index contributed by atoms with van der Waals surface area (Å²) in [6.45, 7) is 4.67. The van der Waals surface area contributed by atoms with Gasteiger partial charge in [-0.25, -0.2) is 0 Å². The van der Waals surface area contributed by atoms with Gasteiger partial charge in [0.2, 0.25) is 0 Å². The van der Waals surface area contributed by atoms with Gasteiger partial charge >= 0.3 is 11.9 Å². The maximum atomic E-state index is 13.0. The molecule has 2 atom stereocenters. The van der Waals surface area contributed by atoms with Crippen LogP contribution in [0, 0.1) is 0 Å². The van der Waals surface area contributed by atoms with Crippen LogP contribution in [0.3, 0.4) is 0 Å². The van der Waals surface area contributed by atoms with Crippen molar-refractivity contribution in [2.24, 2.45) is 0 Å². The molecule has 0 aromatic rings. The fourth-order valence-electron chi connectivity index (χ4n) is 12.4. The summed E-state index contributed by atoms with van der Waals surface area (Å²) < 4.78 is 22.9. The Morgan fingerprint density at radius 2 is 0.570 bits per heavy atom. The number of carbonyl (C=O) groups is 3. The van der Waals surface area contributed by atoms with E-state index >= 15 is 0 Å². The van der Waals surface area contributed by atoms with Crippen LogP contribution in [0.1, 0.15) is 393 Å². The first kappa shape index (κ1) is 96.0. The normalized spacial score (nSPS) is 13.2. The van der Waals surface area contributed by atoms with Gasteiger partial charge in [-0.3, -0.25) is 9.59 Å². The Morgan fingerprint density at radius 1 is 0.310 bits per heavy atom. The quantitative estimate of drug-likeness (QED) is 0.0195. The van der Waals surface area contributed by atoms with E-state index in [1.54, 1.807) is 0 Å². The molecule has 0 amide bonds. The third-order valence-electron chi connectivity index (χ3n) is 18.8. The third-order valence-corrected chi connectivity index (χ3v) is 18.8. The van der Waals surface area contributed by atoms with Gasteiger partial charge in [0.1, 0.15) is 13.2 Å². The van der Waals surface area contributed by atoms with Crippen molar-refractivity contribution in [3.05, 3.63) is 109 Å². The minimum absolute atomic E-state index is 0.142. The Morgan fingerprint density at radius 3 is 0.850 bits per heavy atom. The molecule has 0 N–H and O–H groups in total. The Hall–Kier alpha value is -4.05. The minimum Gasteiger partial charge on any atom is -0.545 e. The molecule has 0 aromatic heterocycles. The summed E-state index contributed by atoms with van der Waals surface area (Å²) in [4.78, 5) is 37.6. The summed E-state index contributed by atoms with van der Waals surface area (Å²) >= 11 is 0. The standard InChI is InChI=1S/C91H161NO8/c1-6-8-10-12-14-16-18-20-22-24-26-28-30-32-34-36-38-40-42-43-44-45-46-48-49-51-53-55-57-59-61-63-65-67-69-71-73-75-77-79-81-88(93)98-85-87(86-99-91(90(95)96)97-84-83-92(3,4)5)100-89(94)82-80-78-76-74-72-70-68-66-64-62-60-58-56-54-52-50-47-41-39-37-35-33-31-29-27-25-23-21-19-17-15-13-11-9-7-2/h9,11,15,17,21,23,27,29,33,35,39,41,50,52,56,58,62,64,87,91H,6-8,10,12-14,16,18-20,22,24-26,28,30-32,34,36-38,40,42-49,51,53-55,57,59-61,63,65-86H2,1-5H3/b11-9-,17-15-,23-21-,29-27-,35-33-,41-39-,52-50-,58-56-,64-62-. The molecule has 0 fully saturated rings. The molecule has 578 valence electrons. The number of allylic oxidation sites excluding steroid dienone is 18. The van der Waals surface area contributed by atoms with E-state index in [2.05, 4.69) is 123 Å². The average molecular weight is 1400 g/mol. The lowest BCUT2D eigenvalue weighted by Gasteiger charge is -2.26. The number of unbranched alkanes of at least 4 members (excludes halogenated alkanes) is 46. The Kier molecular flexibility index (Phi) is 77.4. The number of quaternary nitrogens is 1. The van der Waals surface area contributed by atoms with Crippen molar-refractivity contribution < 1.29 is 42.9 Å². The number of carbonyl (C=O) groups excluding carboxylic acids is 3. The lowest BCUT2D eigenvalue weighted by Crippen LogP contribution is -2.44. The van der Waals surface area contributed by atoms with Gasteiger partial charge in [-0.2, -0.15) is 0 Å². The predicted molar refractivity (Wildman–Crippen MR) is 430 cm³/mol. The van der Waals surface area contributed by atoms with Gasteiger partial charge in [-0.05, 0) is 83.5 Å². The topological polar surface area (TPSA) is 111 Å². The van der Waals surface area contributed by atoms with Crippen LogP contribution in [0.15, 0.2) is 109 Å². The molecule has 2 unspecified atom stereocenters. The number of hydrogen-bond acceptors (Lipinski definition) is 8. The molecule has 0 saturated heterocycles. The Balaban J connectivity index is 4.01. The number of carboxylic acid groups (broad SMARTS) is 1. The smallest absolute Gasteiger partial charge is 0.306 e. The van der Waals surface area contributed by atoms with Gasteiger partial charge in [0.05, 0.1) is 40.3 Å². The molecule has 0 bridgehead atoms. The molecule has 0 aliphatic heterocycles. The first-order valence-electron chi connectivity index (χ1n) is 42.5. The van der Waals surface area contributed by atoms with E-state index in [1.165, 1.54) is 257 Å². The molecule has 0 heterocycles. The summed E-state index contributed by atoms with van der Waals surface area (Å²) in [6.07, 6.45) is 111. The third kappa shape index (κ3) is 81.3. The van der Waals surface area contributed by atoms with Gasteiger partial charge < -0.3 is 33.3 Å². The van der Waals surface area contributed by atoms with Crippen LogP contribution in [0.4, 0.5) is 0 Å². The van der Waals surface area contributed by atoms with E-state index < -0.39 is 24.3 Å². The Bertz CT molecular complexity index is 2020. The van der Waals surface area contributed by atoms with Crippen molar-refractivity contribution in [2.45, 2.75) is 405 Å². The van der Waals surface area contributed by atoms with Crippen molar-refractivity contribution in [1.29, 1.82) is 0 Å². The first-order chi connectivity index (χ1) is 49.1. The van der Waals surface area contributed by atoms with Crippen LogP contribution >= 0.6 is 0 Å². The van der Waals surface area contributed by atoms with E-state index in [0.29, 0.717) is 17.4 Å². The van der Waals surface area contributed by atoms with Crippen LogP contribution in [0.2, 0.25) is 0 Å². The second-order valence-electron chi connectivity index (χ2n) is 29.8. The number of ether oxygens (including phenoxy) is 4. The molecule has 0 aromatic carbocycles. The summed E-state index contributed by atoms with van der Waals surface area (Å²) in [5.41, 5.74) is 0. The summed E-state index contributed by atoms with van der Waals surface area (Å²) in [6, 6.07) is 0. The zero-order valence-corrected chi connectivity index (χ0v) is 66.3. The highest BCUT2D eigenvalue weighted by atomic mass is 16.7. The number of hydrogen-bond donors (Lipinski definition) is 0. The average Bonchev–Trinajstić information content (AvgIpc) is 1.67. The zero-order chi connectivity index (χ0) is 72.5. The second kappa shape index (κ2) is 80.6. The molecule has 9 heteroatoms. The lowest BCUT2D eigenvalue weighted by molar-refractivity contribution is -0.870. The van der Waals surface area contributed by atoms with E-state index in [1.807, 2.05) is 21.1 Å². The highest BCUT2D eigenvalue weighted by molar-refractivity contribution is 5.70. The molecular weight excluding hydrogens is 1230 g/mol. The molecule has 0 rings (SSSR count). The van der Waals surface area contributed by atoms with Gasteiger partial charge in [-0.15, -0.1) is 0 Å². The SMILES string of the molecule is CC/C=C\C/C=C\C/C=C\C/C=C\C/C=C\C/C=C\C/C=C\C/C=C\C/C=C\CCCCCCCCCC(=O)OC(COC(=O)CCCCCCCCCCCCCCCCCCCCCCCCCCCCCCCCCCCCCCCCCC)COC(OCC[N+](C)(C)C)C(=O)[O-]. The van der Waals surface area contributed by atoms with Crippen LogP contribution < -0.4 is 5.11 Å². The largest absolute Gasteiger partial charge is 0.545 e. The number of nitrogens with zero attached hydrogens (tertiary/aromatic N) is 1. The minimum atomic E-state index is -1.63. The molecule has 0 saturated carbocycles. The van der Waals surface area contributed by atoms with Crippen LogP contribution in [-0.2, 0) is 33.3 Å². The van der Waals surface area contributed by atoms with Crippen molar-refractivity contribution in [2.75, 3.05) is 47.5 Å². The highest BCUT2D eigenvalue weighted by Crippen LogP contribution is 2.20.